The molecule has 120 valence electrons. The lowest BCUT2D eigenvalue weighted by Crippen LogP contribution is -2.49. The largest absolute Gasteiger partial charge is 0.392 e. The number of hydrogen-bond donors (Lipinski definition) is 1. The Hall–Kier alpha value is -1.35. The highest BCUT2D eigenvalue weighted by atomic mass is 16.3. The van der Waals surface area contributed by atoms with Crippen LogP contribution in [0.3, 0.4) is 0 Å². The number of rotatable bonds is 3. The van der Waals surface area contributed by atoms with E-state index in [1.165, 1.54) is 18.4 Å². The molecular formula is C17H26N4O. The molecule has 1 unspecified atom stereocenters. The highest BCUT2D eigenvalue weighted by Gasteiger charge is 2.28. The summed E-state index contributed by atoms with van der Waals surface area (Å²) in [5, 5.41) is 18.9. The number of β-amino-alcohol motifs (C(OH)–C–C–N with tert-alkyl or cyclic N) is 1. The van der Waals surface area contributed by atoms with Crippen LogP contribution in [0.1, 0.15) is 36.9 Å². The van der Waals surface area contributed by atoms with Crippen LogP contribution >= 0.6 is 0 Å². The van der Waals surface area contributed by atoms with E-state index in [-0.39, 0.29) is 6.10 Å². The lowest BCUT2D eigenvalue weighted by molar-refractivity contribution is 0.0243. The van der Waals surface area contributed by atoms with Gasteiger partial charge < -0.3 is 9.67 Å². The van der Waals surface area contributed by atoms with E-state index in [0.717, 1.165) is 51.3 Å². The molecule has 5 nitrogen and oxygen atoms in total. The Morgan fingerprint density at radius 3 is 2.68 bits per heavy atom. The first-order valence-electron chi connectivity index (χ1n) is 8.35. The SMILES string of the molecule is Cn1cc(CN2CCC(N3CCCC(O)C3)CC2)cc1C#N. The standard InChI is InChI=1S/C17H26N4O/c1-19-11-14(9-16(19)10-18)12-20-7-4-15(5-8-20)21-6-2-3-17(22)13-21/h9,11,15,17,22H,2-8,12-13H2,1H3. The number of piperidine rings is 2. The average Bonchev–Trinajstić information content (AvgIpc) is 2.88. The van der Waals surface area contributed by atoms with Crippen molar-refractivity contribution in [2.24, 2.45) is 7.05 Å². The summed E-state index contributed by atoms with van der Waals surface area (Å²) < 4.78 is 1.90. The summed E-state index contributed by atoms with van der Waals surface area (Å²) in [5.74, 6) is 0. The third-order valence-corrected chi connectivity index (χ3v) is 5.08. The van der Waals surface area contributed by atoms with Gasteiger partial charge in [0.25, 0.3) is 0 Å². The van der Waals surface area contributed by atoms with Crippen molar-refractivity contribution in [2.75, 3.05) is 26.2 Å². The normalized spacial score (nSPS) is 25.2. The van der Waals surface area contributed by atoms with E-state index in [9.17, 15) is 5.11 Å². The first-order chi connectivity index (χ1) is 10.7. The van der Waals surface area contributed by atoms with Crippen LogP contribution in [0.4, 0.5) is 0 Å². The fourth-order valence-electron chi connectivity index (χ4n) is 3.85. The van der Waals surface area contributed by atoms with Gasteiger partial charge in [-0.1, -0.05) is 0 Å². The van der Waals surface area contributed by atoms with Crippen molar-refractivity contribution in [3.63, 3.8) is 0 Å². The first-order valence-corrected chi connectivity index (χ1v) is 8.35. The van der Waals surface area contributed by atoms with E-state index in [2.05, 4.69) is 22.1 Å². The van der Waals surface area contributed by atoms with E-state index in [0.29, 0.717) is 6.04 Å². The Kier molecular flexibility index (Phi) is 4.82. The molecule has 5 heteroatoms. The zero-order valence-corrected chi connectivity index (χ0v) is 13.4. The molecule has 3 heterocycles. The van der Waals surface area contributed by atoms with Crippen LogP contribution in [0.15, 0.2) is 12.3 Å². The molecule has 2 fully saturated rings. The van der Waals surface area contributed by atoms with Crippen LogP contribution in [-0.4, -0.2) is 57.8 Å². The molecule has 0 aromatic carbocycles. The summed E-state index contributed by atoms with van der Waals surface area (Å²) in [6.45, 7) is 5.15. The van der Waals surface area contributed by atoms with Gasteiger partial charge in [-0.2, -0.15) is 5.26 Å². The fraction of sp³-hybridized carbons (Fsp3) is 0.706. The third kappa shape index (κ3) is 3.52. The van der Waals surface area contributed by atoms with Crippen molar-refractivity contribution >= 4 is 0 Å². The lowest BCUT2D eigenvalue weighted by atomic mass is 9.99. The summed E-state index contributed by atoms with van der Waals surface area (Å²) in [7, 11) is 1.93. The minimum Gasteiger partial charge on any atom is -0.392 e. The fourth-order valence-corrected chi connectivity index (χ4v) is 3.85. The smallest absolute Gasteiger partial charge is 0.120 e. The topological polar surface area (TPSA) is 55.4 Å². The molecule has 2 aliphatic rings. The van der Waals surface area contributed by atoms with E-state index in [4.69, 9.17) is 5.26 Å². The van der Waals surface area contributed by atoms with Crippen LogP contribution < -0.4 is 0 Å². The number of aliphatic hydroxyl groups is 1. The maximum Gasteiger partial charge on any atom is 0.120 e. The number of hydrogen-bond acceptors (Lipinski definition) is 4. The highest BCUT2D eigenvalue weighted by Crippen LogP contribution is 2.22. The number of likely N-dealkylation sites (tertiary alicyclic amines) is 2. The zero-order chi connectivity index (χ0) is 15.5. The van der Waals surface area contributed by atoms with Crippen LogP contribution in [0.5, 0.6) is 0 Å². The van der Waals surface area contributed by atoms with Crippen molar-refractivity contribution in [3.8, 4) is 6.07 Å². The number of aromatic nitrogens is 1. The molecule has 1 atom stereocenters. The quantitative estimate of drug-likeness (QED) is 0.915. The molecule has 3 rings (SSSR count). The summed E-state index contributed by atoms with van der Waals surface area (Å²) in [6.07, 6.45) is 6.40. The Balaban J connectivity index is 1.50. The van der Waals surface area contributed by atoms with Crippen molar-refractivity contribution < 1.29 is 5.11 Å². The van der Waals surface area contributed by atoms with Crippen molar-refractivity contribution in [1.82, 2.24) is 14.4 Å². The Morgan fingerprint density at radius 1 is 1.27 bits per heavy atom. The van der Waals surface area contributed by atoms with Crippen LogP contribution in [-0.2, 0) is 13.6 Å². The number of aliphatic hydroxyl groups excluding tert-OH is 1. The number of nitriles is 1. The van der Waals surface area contributed by atoms with Gasteiger partial charge in [0.2, 0.25) is 0 Å². The molecule has 2 aliphatic heterocycles. The maximum atomic E-state index is 9.83. The molecule has 0 aliphatic carbocycles. The summed E-state index contributed by atoms with van der Waals surface area (Å²) in [6, 6.07) is 4.85. The molecular weight excluding hydrogens is 276 g/mol. The molecule has 1 aromatic heterocycles. The van der Waals surface area contributed by atoms with Gasteiger partial charge >= 0.3 is 0 Å². The molecule has 0 radical (unpaired) electrons. The zero-order valence-electron chi connectivity index (χ0n) is 13.4. The van der Waals surface area contributed by atoms with E-state index >= 15 is 0 Å². The van der Waals surface area contributed by atoms with E-state index < -0.39 is 0 Å². The molecule has 0 bridgehead atoms. The first kappa shape index (κ1) is 15.5. The minimum absolute atomic E-state index is 0.125. The van der Waals surface area contributed by atoms with Gasteiger partial charge in [0.1, 0.15) is 11.8 Å². The molecule has 1 aromatic rings. The number of nitrogens with zero attached hydrogens (tertiary/aromatic N) is 4. The molecule has 1 N–H and O–H groups in total. The van der Waals surface area contributed by atoms with Gasteiger partial charge in [0, 0.05) is 32.4 Å². The van der Waals surface area contributed by atoms with Gasteiger partial charge in [-0.3, -0.25) is 9.80 Å². The molecule has 2 saturated heterocycles. The maximum absolute atomic E-state index is 9.83. The highest BCUT2D eigenvalue weighted by molar-refractivity contribution is 5.28. The van der Waals surface area contributed by atoms with Crippen molar-refractivity contribution in [2.45, 2.75) is 44.4 Å². The summed E-state index contributed by atoms with van der Waals surface area (Å²) in [4.78, 5) is 4.97. The van der Waals surface area contributed by atoms with Crippen LogP contribution in [0.2, 0.25) is 0 Å². The second kappa shape index (κ2) is 6.82. The van der Waals surface area contributed by atoms with Gasteiger partial charge in [0.15, 0.2) is 0 Å². The monoisotopic (exact) mass is 302 g/mol. The molecule has 0 amide bonds. The number of aryl methyl sites for hydroxylation is 1. The van der Waals surface area contributed by atoms with E-state index in [1.54, 1.807) is 0 Å². The summed E-state index contributed by atoms with van der Waals surface area (Å²) in [5.41, 5.74) is 1.96. The third-order valence-electron chi connectivity index (χ3n) is 5.08. The Bertz CT molecular complexity index is 539. The molecule has 0 saturated carbocycles. The Labute approximate surface area is 132 Å². The van der Waals surface area contributed by atoms with Gasteiger partial charge in [-0.25, -0.2) is 0 Å². The van der Waals surface area contributed by atoms with Crippen molar-refractivity contribution in [3.05, 3.63) is 23.5 Å². The van der Waals surface area contributed by atoms with Crippen LogP contribution in [0, 0.1) is 11.3 Å². The van der Waals surface area contributed by atoms with Crippen molar-refractivity contribution in [1.29, 1.82) is 5.26 Å². The second-order valence-corrected chi connectivity index (χ2v) is 6.75. The lowest BCUT2D eigenvalue weighted by Gasteiger charge is -2.41. The average molecular weight is 302 g/mol. The van der Waals surface area contributed by atoms with Gasteiger partial charge in [0.05, 0.1) is 6.10 Å². The molecule has 0 spiro atoms. The van der Waals surface area contributed by atoms with E-state index in [1.807, 2.05) is 17.7 Å². The summed E-state index contributed by atoms with van der Waals surface area (Å²) >= 11 is 0. The molecule has 22 heavy (non-hydrogen) atoms. The predicted octanol–water partition coefficient (Wildman–Crippen LogP) is 1.32. The Morgan fingerprint density at radius 2 is 2.05 bits per heavy atom. The second-order valence-electron chi connectivity index (χ2n) is 6.75. The van der Waals surface area contributed by atoms with Gasteiger partial charge in [-0.15, -0.1) is 0 Å². The minimum atomic E-state index is -0.125. The predicted molar refractivity (Wildman–Crippen MR) is 85.2 cm³/mol. The van der Waals surface area contributed by atoms with Crippen LogP contribution in [0.25, 0.3) is 0 Å². The van der Waals surface area contributed by atoms with Gasteiger partial charge in [-0.05, 0) is 56.9 Å².